The Bertz CT molecular complexity index is 420. The van der Waals surface area contributed by atoms with E-state index >= 15 is 0 Å². The zero-order valence-corrected chi connectivity index (χ0v) is 9.64. The van der Waals surface area contributed by atoms with Gasteiger partial charge in [0, 0.05) is 0 Å². The Labute approximate surface area is 99.5 Å². The highest BCUT2D eigenvalue weighted by molar-refractivity contribution is 6.03. The molecule has 0 unspecified atom stereocenters. The molecule has 1 fully saturated rings. The molecule has 0 spiro atoms. The molecule has 0 atom stereocenters. The zero-order valence-electron chi connectivity index (χ0n) is 9.64. The second-order valence-corrected chi connectivity index (χ2v) is 4.14. The predicted molar refractivity (Wildman–Crippen MR) is 59.9 cm³/mol. The van der Waals surface area contributed by atoms with Crippen LogP contribution in [0.5, 0.6) is 0 Å². The number of methoxy groups -OCH3 is 1. The molecule has 1 aromatic carbocycles. The standard InChI is InChI=1S/C13H14O4/c1-16-11(14)13(7-8-13)12(15)17-9-10-5-3-2-4-6-10/h2-6H,7-9H2,1H3. The van der Waals surface area contributed by atoms with Crippen molar-refractivity contribution >= 4 is 11.9 Å². The van der Waals surface area contributed by atoms with Gasteiger partial charge in [-0.1, -0.05) is 30.3 Å². The van der Waals surface area contributed by atoms with Gasteiger partial charge in [0.05, 0.1) is 7.11 Å². The summed E-state index contributed by atoms with van der Waals surface area (Å²) in [6.45, 7) is 0.193. The van der Waals surface area contributed by atoms with Gasteiger partial charge in [-0.25, -0.2) is 0 Å². The van der Waals surface area contributed by atoms with Crippen LogP contribution < -0.4 is 0 Å². The van der Waals surface area contributed by atoms with E-state index in [1.165, 1.54) is 7.11 Å². The lowest BCUT2D eigenvalue weighted by molar-refractivity contribution is -0.163. The third-order valence-electron chi connectivity index (χ3n) is 2.93. The number of carbonyl (C=O) groups excluding carboxylic acids is 2. The molecule has 0 aromatic heterocycles. The summed E-state index contributed by atoms with van der Waals surface area (Å²) in [5.41, 5.74) is -0.120. The molecule has 1 saturated carbocycles. The molecule has 0 amide bonds. The second kappa shape index (κ2) is 4.57. The number of ether oxygens (including phenoxy) is 2. The molecule has 2 rings (SSSR count). The van der Waals surface area contributed by atoms with Crippen molar-refractivity contribution in [3.63, 3.8) is 0 Å². The van der Waals surface area contributed by atoms with E-state index in [0.717, 1.165) is 5.56 Å². The first-order chi connectivity index (χ1) is 8.19. The summed E-state index contributed by atoms with van der Waals surface area (Å²) in [6.07, 6.45) is 1.04. The quantitative estimate of drug-likeness (QED) is 0.587. The zero-order chi connectivity index (χ0) is 12.3. The smallest absolute Gasteiger partial charge is 0.323 e. The fourth-order valence-electron chi connectivity index (χ4n) is 1.67. The molecule has 1 aliphatic carbocycles. The Morgan fingerprint density at radius 3 is 2.35 bits per heavy atom. The first kappa shape index (κ1) is 11.6. The molecule has 0 aliphatic heterocycles. The largest absolute Gasteiger partial charge is 0.468 e. The molecule has 90 valence electrons. The second-order valence-electron chi connectivity index (χ2n) is 4.14. The third-order valence-corrected chi connectivity index (χ3v) is 2.93. The summed E-state index contributed by atoms with van der Waals surface area (Å²) in [5, 5.41) is 0. The molecular weight excluding hydrogens is 220 g/mol. The summed E-state index contributed by atoms with van der Waals surface area (Å²) in [6, 6.07) is 9.37. The van der Waals surface area contributed by atoms with Crippen LogP contribution in [0.2, 0.25) is 0 Å². The number of esters is 2. The van der Waals surface area contributed by atoms with E-state index in [9.17, 15) is 9.59 Å². The minimum atomic E-state index is -1.02. The van der Waals surface area contributed by atoms with Crippen LogP contribution >= 0.6 is 0 Å². The van der Waals surface area contributed by atoms with Crippen LogP contribution in [-0.2, 0) is 25.7 Å². The molecule has 0 N–H and O–H groups in total. The Hall–Kier alpha value is -1.84. The highest BCUT2D eigenvalue weighted by Gasteiger charge is 2.59. The molecule has 1 aromatic rings. The molecule has 4 nitrogen and oxygen atoms in total. The number of benzene rings is 1. The van der Waals surface area contributed by atoms with E-state index in [2.05, 4.69) is 4.74 Å². The lowest BCUT2D eigenvalue weighted by Crippen LogP contribution is -2.28. The topological polar surface area (TPSA) is 52.6 Å². The van der Waals surface area contributed by atoms with Crippen LogP contribution in [0.25, 0.3) is 0 Å². The van der Waals surface area contributed by atoms with Crippen molar-refractivity contribution in [2.45, 2.75) is 19.4 Å². The van der Waals surface area contributed by atoms with Crippen molar-refractivity contribution < 1.29 is 19.1 Å². The van der Waals surface area contributed by atoms with Crippen molar-refractivity contribution in [3.05, 3.63) is 35.9 Å². The summed E-state index contributed by atoms with van der Waals surface area (Å²) in [4.78, 5) is 23.2. The van der Waals surface area contributed by atoms with Gasteiger partial charge >= 0.3 is 11.9 Å². The van der Waals surface area contributed by atoms with Crippen molar-refractivity contribution in [3.8, 4) is 0 Å². The van der Waals surface area contributed by atoms with Gasteiger partial charge in [0.25, 0.3) is 0 Å². The monoisotopic (exact) mass is 234 g/mol. The molecule has 0 heterocycles. The normalized spacial score (nSPS) is 16.1. The summed E-state index contributed by atoms with van der Waals surface area (Å²) >= 11 is 0. The highest BCUT2D eigenvalue weighted by Crippen LogP contribution is 2.47. The molecule has 0 saturated heterocycles. The van der Waals surface area contributed by atoms with Crippen molar-refractivity contribution in [2.75, 3.05) is 7.11 Å². The van der Waals surface area contributed by atoms with Crippen LogP contribution in [-0.4, -0.2) is 19.0 Å². The van der Waals surface area contributed by atoms with Crippen LogP contribution in [0.4, 0.5) is 0 Å². The van der Waals surface area contributed by atoms with Crippen molar-refractivity contribution in [1.29, 1.82) is 0 Å². The molecule has 0 bridgehead atoms. The molecule has 17 heavy (non-hydrogen) atoms. The van der Waals surface area contributed by atoms with Crippen molar-refractivity contribution in [2.24, 2.45) is 5.41 Å². The Morgan fingerprint density at radius 1 is 1.18 bits per heavy atom. The maximum absolute atomic E-state index is 11.8. The molecule has 4 heteroatoms. The van der Waals surface area contributed by atoms with Gasteiger partial charge in [0.2, 0.25) is 0 Å². The van der Waals surface area contributed by atoms with E-state index in [-0.39, 0.29) is 6.61 Å². The minimum Gasteiger partial charge on any atom is -0.468 e. The first-order valence-electron chi connectivity index (χ1n) is 5.48. The minimum absolute atomic E-state index is 0.193. The van der Waals surface area contributed by atoms with E-state index in [0.29, 0.717) is 12.8 Å². The summed E-state index contributed by atoms with van der Waals surface area (Å²) in [5.74, 6) is -0.969. The SMILES string of the molecule is COC(=O)C1(C(=O)OCc2ccccc2)CC1. The third kappa shape index (κ3) is 2.30. The summed E-state index contributed by atoms with van der Waals surface area (Å²) < 4.78 is 9.75. The van der Waals surface area contributed by atoms with Gasteiger partial charge in [-0.05, 0) is 18.4 Å². The van der Waals surface area contributed by atoms with Gasteiger partial charge in [-0.2, -0.15) is 0 Å². The van der Waals surface area contributed by atoms with E-state index < -0.39 is 17.4 Å². The maximum atomic E-state index is 11.8. The number of hydrogen-bond acceptors (Lipinski definition) is 4. The van der Waals surface area contributed by atoms with Gasteiger partial charge in [0.1, 0.15) is 6.61 Å². The molecular formula is C13H14O4. The van der Waals surface area contributed by atoms with Crippen LogP contribution in [0.1, 0.15) is 18.4 Å². The fraction of sp³-hybridized carbons (Fsp3) is 0.385. The number of rotatable bonds is 4. The van der Waals surface area contributed by atoms with Crippen LogP contribution in [0.15, 0.2) is 30.3 Å². The fourth-order valence-corrected chi connectivity index (χ4v) is 1.67. The average molecular weight is 234 g/mol. The Kier molecular flexibility index (Phi) is 3.13. The lowest BCUT2D eigenvalue weighted by atomic mass is 10.1. The molecule has 1 aliphatic rings. The molecule has 0 radical (unpaired) electrons. The van der Waals surface area contributed by atoms with E-state index in [1.807, 2.05) is 30.3 Å². The van der Waals surface area contributed by atoms with Crippen LogP contribution in [0.3, 0.4) is 0 Å². The van der Waals surface area contributed by atoms with E-state index in [1.54, 1.807) is 0 Å². The van der Waals surface area contributed by atoms with Gasteiger partial charge < -0.3 is 9.47 Å². The number of carbonyl (C=O) groups is 2. The summed E-state index contributed by atoms with van der Waals surface area (Å²) in [7, 11) is 1.28. The lowest BCUT2D eigenvalue weighted by Gasteiger charge is -2.11. The predicted octanol–water partition coefficient (Wildman–Crippen LogP) is 1.68. The van der Waals surface area contributed by atoms with Gasteiger partial charge in [-0.15, -0.1) is 0 Å². The van der Waals surface area contributed by atoms with Crippen molar-refractivity contribution in [1.82, 2.24) is 0 Å². The van der Waals surface area contributed by atoms with Crippen LogP contribution in [0, 0.1) is 5.41 Å². The number of hydrogen-bond donors (Lipinski definition) is 0. The van der Waals surface area contributed by atoms with Gasteiger partial charge in [0.15, 0.2) is 5.41 Å². The highest BCUT2D eigenvalue weighted by atomic mass is 16.6. The van der Waals surface area contributed by atoms with E-state index in [4.69, 9.17) is 4.74 Å². The van der Waals surface area contributed by atoms with Gasteiger partial charge in [-0.3, -0.25) is 9.59 Å². The average Bonchev–Trinajstić information content (AvgIpc) is 3.17. The first-order valence-corrected chi connectivity index (χ1v) is 5.48. The maximum Gasteiger partial charge on any atom is 0.323 e. The Balaban J connectivity index is 1.92. The Morgan fingerprint density at radius 2 is 1.82 bits per heavy atom.